The summed E-state index contributed by atoms with van der Waals surface area (Å²) in [5, 5.41) is 6.16. The molecule has 2 N–H and O–H groups in total. The van der Waals surface area contributed by atoms with Crippen molar-refractivity contribution in [2.45, 2.75) is 6.92 Å². The average molecular weight is 419 g/mol. The molecule has 0 saturated heterocycles. The molecule has 2 heterocycles. The first-order valence-corrected chi connectivity index (χ1v) is 9.99. The molecule has 4 aromatic rings. The maximum absolute atomic E-state index is 12.4. The molecule has 0 fully saturated rings. The zero-order chi connectivity index (χ0) is 21.1. The molecule has 2 aromatic carbocycles. The van der Waals surface area contributed by atoms with Crippen molar-refractivity contribution in [3.8, 4) is 11.3 Å². The number of fused-ring (bicyclic) bond motifs is 1. The number of nitrogens with one attached hydrogen (secondary N) is 2. The number of aromatic amines is 1. The minimum atomic E-state index is -0.737. The lowest BCUT2D eigenvalue weighted by molar-refractivity contribution is -0.119. The van der Waals surface area contributed by atoms with E-state index in [9.17, 15) is 14.4 Å². The van der Waals surface area contributed by atoms with Crippen LogP contribution in [0.3, 0.4) is 0 Å². The maximum atomic E-state index is 12.4. The topological polar surface area (TPSA) is 101 Å². The molecule has 0 bridgehead atoms. The molecule has 0 spiro atoms. The highest BCUT2D eigenvalue weighted by Crippen LogP contribution is 2.24. The van der Waals surface area contributed by atoms with Crippen LogP contribution >= 0.6 is 11.3 Å². The summed E-state index contributed by atoms with van der Waals surface area (Å²) in [6.45, 7) is 1.46. The Morgan fingerprint density at radius 2 is 1.97 bits per heavy atom. The molecule has 1 amide bonds. The van der Waals surface area contributed by atoms with Crippen LogP contribution in [0.15, 0.2) is 64.8 Å². The molecule has 0 saturated carbocycles. The number of amides is 1. The highest BCUT2D eigenvalue weighted by molar-refractivity contribution is 7.09. The smallest absolute Gasteiger partial charge is 0.339 e. The Morgan fingerprint density at radius 1 is 1.13 bits per heavy atom. The highest BCUT2D eigenvalue weighted by atomic mass is 32.1. The van der Waals surface area contributed by atoms with Crippen molar-refractivity contribution in [3.05, 3.63) is 80.9 Å². The Hall–Kier alpha value is -3.78. The number of thiazole rings is 1. The molecule has 0 unspecified atom stereocenters. The van der Waals surface area contributed by atoms with Gasteiger partial charge in [0.15, 0.2) is 6.61 Å². The lowest BCUT2D eigenvalue weighted by Crippen LogP contribution is -2.22. The quantitative estimate of drug-likeness (QED) is 0.480. The number of carbonyl (C=O) groups excluding carboxylic acids is 2. The van der Waals surface area contributed by atoms with Gasteiger partial charge in [-0.05, 0) is 25.1 Å². The Balaban J connectivity index is 1.43. The molecule has 0 radical (unpaired) electrons. The monoisotopic (exact) mass is 419 g/mol. The van der Waals surface area contributed by atoms with Crippen LogP contribution in [0.5, 0.6) is 0 Å². The van der Waals surface area contributed by atoms with E-state index in [1.807, 2.05) is 24.4 Å². The molecular weight excluding hydrogens is 402 g/mol. The van der Waals surface area contributed by atoms with Gasteiger partial charge in [-0.3, -0.25) is 9.59 Å². The van der Waals surface area contributed by atoms with Crippen LogP contribution in [-0.4, -0.2) is 28.5 Å². The molecule has 0 aliphatic heterocycles. The van der Waals surface area contributed by atoms with Gasteiger partial charge in [0.1, 0.15) is 0 Å². The lowest BCUT2D eigenvalue weighted by atomic mass is 10.1. The summed E-state index contributed by atoms with van der Waals surface area (Å²) in [7, 11) is 0. The average Bonchev–Trinajstić information content (AvgIpc) is 3.18. The molecule has 30 heavy (non-hydrogen) atoms. The largest absolute Gasteiger partial charge is 0.452 e. The molecule has 8 heteroatoms. The summed E-state index contributed by atoms with van der Waals surface area (Å²) in [5.74, 6) is -1.22. The number of hydrogen-bond donors (Lipinski definition) is 2. The fraction of sp³-hybridized carbons (Fsp3) is 0.0909. The first kappa shape index (κ1) is 19.5. The van der Waals surface area contributed by atoms with Crippen molar-refractivity contribution >= 4 is 39.8 Å². The third kappa shape index (κ3) is 4.28. The van der Waals surface area contributed by atoms with E-state index in [2.05, 4.69) is 15.3 Å². The van der Waals surface area contributed by atoms with Crippen LogP contribution in [-0.2, 0) is 9.53 Å². The Kier molecular flexibility index (Phi) is 5.40. The number of nitrogens with zero attached hydrogens (tertiary/aromatic N) is 1. The zero-order valence-corrected chi connectivity index (χ0v) is 16.8. The Labute approximate surface area is 175 Å². The molecule has 2 aromatic heterocycles. The van der Waals surface area contributed by atoms with Gasteiger partial charge in [-0.1, -0.05) is 30.3 Å². The van der Waals surface area contributed by atoms with Gasteiger partial charge in [0.25, 0.3) is 5.91 Å². The van der Waals surface area contributed by atoms with Gasteiger partial charge in [-0.2, -0.15) is 0 Å². The van der Waals surface area contributed by atoms with Gasteiger partial charge in [0, 0.05) is 33.6 Å². The normalized spacial score (nSPS) is 10.7. The van der Waals surface area contributed by atoms with Gasteiger partial charge in [0.2, 0.25) is 5.56 Å². The number of hydrogen-bond acceptors (Lipinski definition) is 6. The minimum Gasteiger partial charge on any atom is -0.452 e. The van der Waals surface area contributed by atoms with Crippen LogP contribution in [0.25, 0.3) is 22.2 Å². The zero-order valence-electron chi connectivity index (χ0n) is 16.0. The summed E-state index contributed by atoms with van der Waals surface area (Å²) in [6.07, 6.45) is 0. The summed E-state index contributed by atoms with van der Waals surface area (Å²) < 4.78 is 5.13. The van der Waals surface area contributed by atoms with E-state index in [1.54, 1.807) is 47.7 Å². The van der Waals surface area contributed by atoms with Gasteiger partial charge in [-0.15, -0.1) is 11.3 Å². The van der Waals surface area contributed by atoms with Crippen LogP contribution in [0.4, 0.5) is 5.69 Å². The van der Waals surface area contributed by atoms with Crippen molar-refractivity contribution in [1.29, 1.82) is 0 Å². The van der Waals surface area contributed by atoms with E-state index in [-0.39, 0.29) is 5.56 Å². The van der Waals surface area contributed by atoms with E-state index in [1.165, 1.54) is 6.07 Å². The maximum Gasteiger partial charge on any atom is 0.339 e. The number of benzene rings is 2. The van der Waals surface area contributed by atoms with E-state index in [4.69, 9.17) is 4.74 Å². The fourth-order valence-corrected chi connectivity index (χ4v) is 3.65. The third-order valence-corrected chi connectivity index (χ3v) is 5.14. The predicted octanol–water partition coefficient (Wildman–Crippen LogP) is 3.76. The van der Waals surface area contributed by atoms with E-state index >= 15 is 0 Å². The molecule has 0 atom stereocenters. The molecule has 7 nitrogen and oxygen atoms in total. The highest BCUT2D eigenvalue weighted by Gasteiger charge is 2.15. The summed E-state index contributed by atoms with van der Waals surface area (Å²) in [4.78, 5) is 43.6. The van der Waals surface area contributed by atoms with Crippen molar-refractivity contribution in [1.82, 2.24) is 9.97 Å². The molecular formula is C22H17N3O4S. The minimum absolute atomic E-state index is 0.114. The number of carbonyl (C=O) groups is 2. The fourth-order valence-electron chi connectivity index (χ4n) is 3.03. The van der Waals surface area contributed by atoms with Gasteiger partial charge >= 0.3 is 5.97 Å². The summed E-state index contributed by atoms with van der Waals surface area (Å²) in [5.41, 5.74) is 2.50. The van der Waals surface area contributed by atoms with Crippen molar-refractivity contribution in [2.75, 3.05) is 11.9 Å². The molecule has 4 rings (SSSR count). The summed E-state index contributed by atoms with van der Waals surface area (Å²) in [6, 6.07) is 15.3. The predicted molar refractivity (Wildman–Crippen MR) is 116 cm³/mol. The Morgan fingerprint density at radius 3 is 2.77 bits per heavy atom. The number of esters is 1. The van der Waals surface area contributed by atoms with Gasteiger partial charge in [-0.25, -0.2) is 9.78 Å². The second kappa shape index (κ2) is 8.30. The third-order valence-electron chi connectivity index (χ3n) is 4.37. The number of rotatable bonds is 5. The number of para-hydroxylation sites is 1. The van der Waals surface area contributed by atoms with Gasteiger partial charge in [0.05, 0.1) is 16.3 Å². The summed E-state index contributed by atoms with van der Waals surface area (Å²) >= 11 is 1.55. The van der Waals surface area contributed by atoms with Crippen LogP contribution in [0.1, 0.15) is 15.4 Å². The number of aromatic nitrogens is 2. The van der Waals surface area contributed by atoms with Crippen molar-refractivity contribution in [3.63, 3.8) is 0 Å². The van der Waals surface area contributed by atoms with Crippen LogP contribution < -0.4 is 10.9 Å². The first-order valence-electron chi connectivity index (χ1n) is 9.11. The van der Waals surface area contributed by atoms with E-state index in [0.717, 1.165) is 16.3 Å². The lowest BCUT2D eigenvalue weighted by Gasteiger charge is -2.09. The first-order chi connectivity index (χ1) is 14.5. The van der Waals surface area contributed by atoms with Crippen LogP contribution in [0.2, 0.25) is 0 Å². The van der Waals surface area contributed by atoms with E-state index < -0.39 is 24.0 Å². The molecule has 0 aliphatic carbocycles. The van der Waals surface area contributed by atoms with E-state index in [0.29, 0.717) is 16.6 Å². The SMILES string of the molecule is Cc1nc(-c2cccc(NC(=O)COC(=O)c3cc(=O)[nH]c4ccccc34)c2)cs1. The second-order valence-corrected chi connectivity index (χ2v) is 7.61. The molecule has 0 aliphatic rings. The molecule has 150 valence electrons. The number of H-pyrrole nitrogens is 1. The van der Waals surface area contributed by atoms with Crippen LogP contribution in [0, 0.1) is 6.92 Å². The number of pyridine rings is 1. The number of anilines is 1. The van der Waals surface area contributed by atoms with Gasteiger partial charge < -0.3 is 15.0 Å². The number of aryl methyl sites for hydroxylation is 1. The van der Waals surface area contributed by atoms with Crippen molar-refractivity contribution < 1.29 is 14.3 Å². The standard InChI is InChI=1S/C22H17N3O4S/c1-13-23-19(12-30-13)14-5-4-6-15(9-14)24-21(27)11-29-22(28)17-10-20(26)25-18-8-3-2-7-16(17)18/h2-10,12H,11H2,1H3,(H,24,27)(H,25,26). The number of ether oxygens (including phenoxy) is 1. The second-order valence-electron chi connectivity index (χ2n) is 6.55. The Bertz CT molecular complexity index is 1310. The van der Waals surface area contributed by atoms with Crippen molar-refractivity contribution in [2.24, 2.45) is 0 Å².